The Bertz CT molecular complexity index is 849. The molecule has 1 saturated heterocycles. The maximum Gasteiger partial charge on any atom is 0.141 e. The monoisotopic (exact) mass is 341 g/mol. The van der Waals surface area contributed by atoms with Gasteiger partial charge in [-0.1, -0.05) is 26.0 Å². The Balaban J connectivity index is 1.84. The molecule has 124 valence electrons. The average Bonchev–Trinajstić information content (AvgIpc) is 2.99. The van der Waals surface area contributed by atoms with Crippen LogP contribution in [-0.4, -0.2) is 23.1 Å². The Morgan fingerprint density at radius 2 is 1.79 bits per heavy atom. The standard InChI is InChI=1S/C19H20FN3S/c1-12-7-13(2)9-23(8-12)18-17-16(10-24-19(17)22-11-21-18)14-3-5-15(20)6-4-14/h3-6,10-13H,7-9H2,1-2H3/t12-,13-/m0/s1. The summed E-state index contributed by atoms with van der Waals surface area (Å²) in [5.41, 5.74) is 2.10. The number of benzene rings is 1. The van der Waals surface area contributed by atoms with Gasteiger partial charge in [-0.25, -0.2) is 14.4 Å². The molecule has 3 aromatic rings. The quantitative estimate of drug-likeness (QED) is 0.658. The number of aromatic nitrogens is 2. The van der Waals surface area contributed by atoms with E-state index in [0.29, 0.717) is 11.8 Å². The van der Waals surface area contributed by atoms with Gasteiger partial charge in [0.15, 0.2) is 0 Å². The second-order valence-electron chi connectivity index (χ2n) is 6.88. The highest BCUT2D eigenvalue weighted by Crippen LogP contribution is 2.39. The van der Waals surface area contributed by atoms with Crippen molar-refractivity contribution in [2.75, 3.05) is 18.0 Å². The van der Waals surface area contributed by atoms with E-state index in [1.807, 2.05) is 12.1 Å². The van der Waals surface area contributed by atoms with Crippen molar-refractivity contribution in [1.82, 2.24) is 9.97 Å². The summed E-state index contributed by atoms with van der Waals surface area (Å²) in [6.07, 6.45) is 2.92. The number of nitrogens with zero attached hydrogens (tertiary/aromatic N) is 3. The Labute approximate surface area is 145 Å². The lowest BCUT2D eigenvalue weighted by Crippen LogP contribution is -2.39. The third-order valence-electron chi connectivity index (χ3n) is 4.67. The SMILES string of the molecule is C[C@H]1C[C@H](C)CN(c2ncnc3scc(-c4ccc(F)cc4)c23)C1. The lowest BCUT2D eigenvalue weighted by Gasteiger charge is -2.36. The maximum absolute atomic E-state index is 13.3. The summed E-state index contributed by atoms with van der Waals surface area (Å²) in [4.78, 5) is 12.5. The Kier molecular flexibility index (Phi) is 3.96. The third kappa shape index (κ3) is 2.77. The van der Waals surface area contributed by atoms with Crippen LogP contribution in [0.15, 0.2) is 36.0 Å². The van der Waals surface area contributed by atoms with Gasteiger partial charge in [0.25, 0.3) is 0 Å². The number of hydrogen-bond acceptors (Lipinski definition) is 4. The van der Waals surface area contributed by atoms with E-state index in [1.165, 1.54) is 18.6 Å². The Morgan fingerprint density at radius 3 is 2.50 bits per heavy atom. The molecular weight excluding hydrogens is 321 g/mol. The Morgan fingerprint density at radius 1 is 1.08 bits per heavy atom. The van der Waals surface area contributed by atoms with Crippen molar-refractivity contribution < 1.29 is 4.39 Å². The van der Waals surface area contributed by atoms with Crippen molar-refractivity contribution >= 4 is 27.4 Å². The van der Waals surface area contributed by atoms with Crippen LogP contribution >= 0.6 is 11.3 Å². The van der Waals surface area contributed by atoms with Crippen molar-refractivity contribution in [1.29, 1.82) is 0 Å². The fourth-order valence-corrected chi connectivity index (χ4v) is 4.69. The molecule has 4 rings (SSSR count). The molecule has 2 atom stereocenters. The fraction of sp³-hybridized carbons (Fsp3) is 0.368. The smallest absolute Gasteiger partial charge is 0.141 e. The zero-order valence-electron chi connectivity index (χ0n) is 13.9. The molecule has 0 bridgehead atoms. The second kappa shape index (κ2) is 6.13. The van der Waals surface area contributed by atoms with Gasteiger partial charge in [0.1, 0.15) is 22.8 Å². The molecule has 0 amide bonds. The normalized spacial score (nSPS) is 21.4. The van der Waals surface area contributed by atoms with Gasteiger partial charge in [-0.05, 0) is 36.0 Å². The second-order valence-corrected chi connectivity index (χ2v) is 7.74. The lowest BCUT2D eigenvalue weighted by atomic mass is 9.91. The first-order chi connectivity index (χ1) is 11.6. The van der Waals surface area contributed by atoms with Gasteiger partial charge in [-0.2, -0.15) is 0 Å². The van der Waals surface area contributed by atoms with Gasteiger partial charge >= 0.3 is 0 Å². The minimum absolute atomic E-state index is 0.214. The third-order valence-corrected chi connectivity index (χ3v) is 5.56. The molecule has 0 unspecified atom stereocenters. The summed E-state index contributed by atoms with van der Waals surface area (Å²) in [6.45, 7) is 6.65. The van der Waals surface area contributed by atoms with Gasteiger partial charge in [0, 0.05) is 24.0 Å². The average molecular weight is 341 g/mol. The van der Waals surface area contributed by atoms with E-state index in [0.717, 1.165) is 40.3 Å². The molecule has 1 aromatic carbocycles. The number of piperidine rings is 1. The predicted molar refractivity (Wildman–Crippen MR) is 98.0 cm³/mol. The maximum atomic E-state index is 13.3. The number of thiophene rings is 1. The summed E-state index contributed by atoms with van der Waals surface area (Å²) in [5, 5.41) is 3.20. The zero-order chi connectivity index (χ0) is 16.7. The zero-order valence-corrected chi connectivity index (χ0v) is 14.7. The lowest BCUT2D eigenvalue weighted by molar-refractivity contribution is 0.356. The van der Waals surface area contributed by atoms with Crippen LogP contribution in [0.2, 0.25) is 0 Å². The molecule has 0 radical (unpaired) electrons. The van der Waals surface area contributed by atoms with Crippen LogP contribution in [0.1, 0.15) is 20.3 Å². The van der Waals surface area contributed by atoms with Crippen molar-refractivity contribution in [2.45, 2.75) is 20.3 Å². The topological polar surface area (TPSA) is 29.0 Å². The first-order valence-electron chi connectivity index (χ1n) is 8.35. The molecule has 0 spiro atoms. The predicted octanol–water partition coefficient (Wildman–Crippen LogP) is 4.98. The van der Waals surface area contributed by atoms with Gasteiger partial charge in [0.05, 0.1) is 5.39 Å². The van der Waals surface area contributed by atoms with Crippen LogP contribution in [0.25, 0.3) is 21.3 Å². The van der Waals surface area contributed by atoms with Crippen molar-refractivity contribution in [3.63, 3.8) is 0 Å². The number of rotatable bonds is 2. The van der Waals surface area contributed by atoms with Crippen LogP contribution in [0, 0.1) is 17.7 Å². The summed E-state index contributed by atoms with van der Waals surface area (Å²) in [5.74, 6) is 2.12. The van der Waals surface area contributed by atoms with E-state index < -0.39 is 0 Å². The highest BCUT2D eigenvalue weighted by Gasteiger charge is 2.25. The number of fused-ring (bicyclic) bond motifs is 1. The number of anilines is 1. The molecule has 5 heteroatoms. The molecule has 3 heterocycles. The molecular formula is C19H20FN3S. The van der Waals surface area contributed by atoms with Crippen molar-refractivity contribution in [3.8, 4) is 11.1 Å². The van der Waals surface area contributed by atoms with Crippen LogP contribution in [0.4, 0.5) is 10.2 Å². The highest BCUT2D eigenvalue weighted by atomic mass is 32.1. The largest absolute Gasteiger partial charge is 0.355 e. The minimum Gasteiger partial charge on any atom is -0.355 e. The summed E-state index contributed by atoms with van der Waals surface area (Å²) in [6, 6.07) is 6.67. The molecule has 0 aliphatic carbocycles. The summed E-state index contributed by atoms with van der Waals surface area (Å²) in [7, 11) is 0. The van der Waals surface area contributed by atoms with E-state index in [-0.39, 0.29) is 5.82 Å². The molecule has 24 heavy (non-hydrogen) atoms. The molecule has 2 aromatic heterocycles. The van der Waals surface area contributed by atoms with E-state index in [9.17, 15) is 4.39 Å². The fourth-order valence-electron chi connectivity index (χ4n) is 3.78. The van der Waals surface area contributed by atoms with E-state index in [4.69, 9.17) is 0 Å². The Hall–Kier alpha value is -2.01. The van der Waals surface area contributed by atoms with Gasteiger partial charge < -0.3 is 4.90 Å². The number of hydrogen-bond donors (Lipinski definition) is 0. The van der Waals surface area contributed by atoms with E-state index in [2.05, 4.69) is 34.1 Å². The molecule has 0 N–H and O–H groups in total. The molecule has 1 aliphatic heterocycles. The van der Waals surface area contributed by atoms with E-state index in [1.54, 1.807) is 17.7 Å². The van der Waals surface area contributed by atoms with Gasteiger partial charge in [0.2, 0.25) is 0 Å². The minimum atomic E-state index is -0.214. The first-order valence-corrected chi connectivity index (χ1v) is 9.23. The molecule has 1 fully saturated rings. The number of halogens is 1. The van der Waals surface area contributed by atoms with Crippen molar-refractivity contribution in [2.24, 2.45) is 11.8 Å². The highest BCUT2D eigenvalue weighted by molar-refractivity contribution is 7.17. The van der Waals surface area contributed by atoms with Crippen LogP contribution in [0.3, 0.4) is 0 Å². The van der Waals surface area contributed by atoms with E-state index >= 15 is 0 Å². The van der Waals surface area contributed by atoms with Crippen molar-refractivity contribution in [3.05, 3.63) is 41.8 Å². The van der Waals surface area contributed by atoms with Crippen LogP contribution in [0.5, 0.6) is 0 Å². The molecule has 1 aliphatic rings. The van der Waals surface area contributed by atoms with Crippen LogP contribution in [-0.2, 0) is 0 Å². The molecule has 0 saturated carbocycles. The first kappa shape index (κ1) is 15.5. The summed E-state index contributed by atoms with van der Waals surface area (Å²) >= 11 is 1.62. The molecule has 3 nitrogen and oxygen atoms in total. The van der Waals surface area contributed by atoms with Gasteiger partial charge in [-0.3, -0.25) is 0 Å². The summed E-state index contributed by atoms with van der Waals surface area (Å²) < 4.78 is 13.3. The van der Waals surface area contributed by atoms with Gasteiger partial charge in [-0.15, -0.1) is 11.3 Å². The van der Waals surface area contributed by atoms with Crippen LogP contribution < -0.4 is 4.90 Å².